The Labute approximate surface area is 75.5 Å². The summed E-state index contributed by atoms with van der Waals surface area (Å²) in [6.45, 7) is 2.52. The van der Waals surface area contributed by atoms with Crippen LogP contribution in [0.25, 0.3) is 0 Å². The zero-order valence-corrected chi connectivity index (χ0v) is 7.30. The fraction of sp³-hybridized carbons (Fsp3) is 1.00. The number of hydrogen-bond donors (Lipinski definition) is 1. The van der Waals surface area contributed by atoms with Gasteiger partial charge in [-0.25, -0.2) is 0 Å². The fourth-order valence-electron chi connectivity index (χ4n) is 2.13. The second-order valence-corrected chi connectivity index (χ2v) is 3.78. The highest BCUT2D eigenvalue weighted by Gasteiger charge is 2.57. The molecule has 5 heteroatoms. The van der Waals surface area contributed by atoms with Gasteiger partial charge in [0, 0.05) is 6.92 Å². The third kappa shape index (κ3) is 1.05. The van der Waals surface area contributed by atoms with Gasteiger partial charge in [-0.15, -0.1) is 0 Å². The van der Waals surface area contributed by atoms with E-state index >= 15 is 0 Å². The first-order chi connectivity index (χ1) is 6.18. The number of fused-ring (bicyclic) bond motifs is 4. The van der Waals surface area contributed by atoms with E-state index in [0.29, 0.717) is 13.2 Å². The van der Waals surface area contributed by atoms with Crippen molar-refractivity contribution in [3.05, 3.63) is 0 Å². The molecule has 3 aliphatic heterocycles. The van der Waals surface area contributed by atoms with Gasteiger partial charge in [0.1, 0.15) is 24.4 Å². The molecule has 0 saturated carbocycles. The Morgan fingerprint density at radius 2 is 2.08 bits per heavy atom. The highest BCUT2D eigenvalue weighted by molar-refractivity contribution is 4.96. The van der Waals surface area contributed by atoms with Crippen molar-refractivity contribution in [2.45, 2.75) is 37.3 Å². The molecule has 3 heterocycles. The van der Waals surface area contributed by atoms with Crippen LogP contribution in [0, 0.1) is 0 Å². The van der Waals surface area contributed by atoms with Crippen molar-refractivity contribution in [1.29, 1.82) is 0 Å². The number of hydrogen-bond acceptors (Lipinski definition) is 5. The molecule has 3 aliphatic rings. The topological polar surface area (TPSA) is 57.2 Å². The molecule has 0 aromatic carbocycles. The second kappa shape index (κ2) is 2.43. The largest absolute Gasteiger partial charge is 0.388 e. The van der Waals surface area contributed by atoms with Crippen molar-refractivity contribution < 1.29 is 24.1 Å². The molecule has 2 bridgehead atoms. The van der Waals surface area contributed by atoms with E-state index < -0.39 is 12.1 Å². The Balaban J connectivity index is 1.89. The average molecular weight is 188 g/mol. The van der Waals surface area contributed by atoms with Gasteiger partial charge >= 0.3 is 0 Å². The maximum absolute atomic E-state index is 9.54. The van der Waals surface area contributed by atoms with E-state index in [-0.39, 0.29) is 18.3 Å². The summed E-state index contributed by atoms with van der Waals surface area (Å²) in [6.07, 6.45) is -1.13. The lowest BCUT2D eigenvalue weighted by molar-refractivity contribution is -0.377. The third-order valence-electron chi connectivity index (χ3n) is 2.75. The summed E-state index contributed by atoms with van der Waals surface area (Å²) in [5, 5.41) is 9.54. The first kappa shape index (κ1) is 8.14. The third-order valence-corrected chi connectivity index (χ3v) is 2.75. The zero-order chi connectivity index (χ0) is 9.05. The molecule has 0 aromatic rings. The van der Waals surface area contributed by atoms with Crippen LogP contribution in [0.15, 0.2) is 0 Å². The predicted octanol–water partition coefficient (Wildman–Crippen LogP) is -0.766. The van der Waals surface area contributed by atoms with Crippen LogP contribution in [-0.2, 0) is 18.9 Å². The molecule has 13 heavy (non-hydrogen) atoms. The van der Waals surface area contributed by atoms with Crippen molar-refractivity contribution in [3.63, 3.8) is 0 Å². The quantitative estimate of drug-likeness (QED) is 0.541. The number of aliphatic hydroxyl groups excluding tert-OH is 1. The van der Waals surface area contributed by atoms with Crippen LogP contribution < -0.4 is 0 Å². The van der Waals surface area contributed by atoms with Crippen LogP contribution in [0.1, 0.15) is 6.92 Å². The SMILES string of the molecule is CC12OC[C@@H](O1)[C@H]1OC[C@H](O)[C@H]1O2. The summed E-state index contributed by atoms with van der Waals surface area (Å²) in [4.78, 5) is 0. The minimum atomic E-state index is -0.972. The fourth-order valence-corrected chi connectivity index (χ4v) is 2.13. The maximum Gasteiger partial charge on any atom is 0.280 e. The van der Waals surface area contributed by atoms with E-state index in [2.05, 4.69) is 0 Å². The molecular formula is C8H12O5. The van der Waals surface area contributed by atoms with Gasteiger partial charge in [0.05, 0.1) is 13.2 Å². The Bertz CT molecular complexity index is 233. The van der Waals surface area contributed by atoms with Crippen LogP contribution in [0.2, 0.25) is 0 Å². The molecule has 1 N–H and O–H groups in total. The minimum absolute atomic E-state index is 0.0964. The smallest absolute Gasteiger partial charge is 0.280 e. The van der Waals surface area contributed by atoms with Gasteiger partial charge in [-0.2, -0.15) is 0 Å². The first-order valence-electron chi connectivity index (χ1n) is 4.47. The average Bonchev–Trinajstić information content (AvgIpc) is 2.58. The normalized spacial score (nSPS) is 59.5. The van der Waals surface area contributed by atoms with Gasteiger partial charge in [0.2, 0.25) is 0 Å². The van der Waals surface area contributed by atoms with Gasteiger partial charge in [-0.3, -0.25) is 0 Å². The second-order valence-electron chi connectivity index (χ2n) is 3.78. The first-order valence-corrected chi connectivity index (χ1v) is 4.47. The van der Waals surface area contributed by atoms with Crippen molar-refractivity contribution in [1.82, 2.24) is 0 Å². The van der Waals surface area contributed by atoms with Gasteiger partial charge in [-0.1, -0.05) is 0 Å². The van der Waals surface area contributed by atoms with Crippen LogP contribution in [0.5, 0.6) is 0 Å². The van der Waals surface area contributed by atoms with Crippen molar-refractivity contribution >= 4 is 0 Å². The van der Waals surface area contributed by atoms with Crippen molar-refractivity contribution in [2.24, 2.45) is 0 Å². The molecule has 0 aromatic heterocycles. The van der Waals surface area contributed by atoms with Crippen LogP contribution in [0.4, 0.5) is 0 Å². The molecule has 74 valence electrons. The van der Waals surface area contributed by atoms with E-state index in [1.165, 1.54) is 0 Å². The summed E-state index contributed by atoms with van der Waals surface area (Å²) in [5.41, 5.74) is 0. The molecule has 5 atom stereocenters. The Morgan fingerprint density at radius 3 is 2.92 bits per heavy atom. The Kier molecular flexibility index (Phi) is 1.52. The lowest BCUT2D eigenvalue weighted by Crippen LogP contribution is -2.51. The van der Waals surface area contributed by atoms with Crippen molar-refractivity contribution in [2.75, 3.05) is 13.2 Å². The summed E-state index contributed by atoms with van der Waals surface area (Å²) in [5.74, 6) is -0.972. The molecule has 1 unspecified atom stereocenters. The van der Waals surface area contributed by atoms with E-state index in [0.717, 1.165) is 0 Å². The summed E-state index contributed by atoms with van der Waals surface area (Å²) < 4.78 is 21.6. The van der Waals surface area contributed by atoms with E-state index in [1.807, 2.05) is 0 Å². The Morgan fingerprint density at radius 1 is 1.23 bits per heavy atom. The molecule has 0 aliphatic carbocycles. The molecule has 0 spiro atoms. The van der Waals surface area contributed by atoms with Crippen LogP contribution in [-0.4, -0.2) is 48.7 Å². The molecule has 3 fully saturated rings. The van der Waals surface area contributed by atoms with Gasteiger partial charge in [0.25, 0.3) is 5.97 Å². The van der Waals surface area contributed by atoms with Crippen LogP contribution in [0.3, 0.4) is 0 Å². The Hall–Kier alpha value is -0.200. The number of rotatable bonds is 0. The van der Waals surface area contributed by atoms with Gasteiger partial charge in [0.15, 0.2) is 0 Å². The minimum Gasteiger partial charge on any atom is -0.388 e. The molecule has 0 amide bonds. The monoisotopic (exact) mass is 188 g/mol. The highest BCUT2D eigenvalue weighted by Crippen LogP contribution is 2.39. The maximum atomic E-state index is 9.54. The van der Waals surface area contributed by atoms with Crippen LogP contribution >= 0.6 is 0 Å². The molecule has 3 rings (SSSR count). The summed E-state index contributed by atoms with van der Waals surface area (Å²) in [6, 6.07) is 0. The van der Waals surface area contributed by atoms with E-state index in [1.54, 1.807) is 6.92 Å². The molecule has 0 radical (unpaired) electrons. The van der Waals surface area contributed by atoms with Crippen molar-refractivity contribution in [3.8, 4) is 0 Å². The summed E-state index contributed by atoms with van der Waals surface area (Å²) in [7, 11) is 0. The molecule has 5 nitrogen and oxygen atoms in total. The number of ether oxygens (including phenoxy) is 4. The van der Waals surface area contributed by atoms with E-state index in [9.17, 15) is 5.11 Å². The van der Waals surface area contributed by atoms with Gasteiger partial charge < -0.3 is 24.1 Å². The summed E-state index contributed by atoms with van der Waals surface area (Å²) >= 11 is 0. The van der Waals surface area contributed by atoms with Gasteiger partial charge in [-0.05, 0) is 0 Å². The zero-order valence-electron chi connectivity index (χ0n) is 7.30. The highest BCUT2D eigenvalue weighted by atomic mass is 16.9. The standard InChI is InChI=1S/C8H12O5/c1-8-11-3-5(12-8)7-6(13-8)4(9)2-10-7/h4-7,9H,2-3H2,1H3/t4-,5+,6+,7+,8?/m0/s1. The lowest BCUT2D eigenvalue weighted by Gasteiger charge is -2.35. The number of aliphatic hydroxyl groups is 1. The molecular weight excluding hydrogens is 176 g/mol. The molecule has 3 saturated heterocycles. The lowest BCUT2D eigenvalue weighted by atomic mass is 10.1. The predicted molar refractivity (Wildman–Crippen MR) is 39.8 cm³/mol. The van der Waals surface area contributed by atoms with E-state index in [4.69, 9.17) is 18.9 Å².